The SMILES string of the molecule is CCCCOc1nc(N(C)c2ccc(OCCC)cc2)ncc1C(F)(F)F. The van der Waals surface area contributed by atoms with E-state index in [0.717, 1.165) is 30.5 Å². The molecular formula is C19H24F3N3O2. The smallest absolute Gasteiger partial charge is 0.423 e. The molecule has 0 N–H and O–H groups in total. The molecule has 0 atom stereocenters. The molecule has 0 spiro atoms. The molecule has 1 heterocycles. The number of halogens is 3. The predicted octanol–water partition coefficient (Wildman–Crippen LogP) is 5.23. The summed E-state index contributed by atoms with van der Waals surface area (Å²) in [5.41, 5.74) is -0.253. The van der Waals surface area contributed by atoms with Crippen molar-refractivity contribution in [1.29, 1.82) is 0 Å². The maximum absolute atomic E-state index is 13.2. The van der Waals surface area contributed by atoms with Crippen molar-refractivity contribution in [3.8, 4) is 11.6 Å². The number of ether oxygens (including phenoxy) is 2. The van der Waals surface area contributed by atoms with Gasteiger partial charge in [0.05, 0.1) is 13.2 Å². The number of anilines is 2. The summed E-state index contributed by atoms with van der Waals surface area (Å²) in [6.45, 7) is 4.74. The predicted molar refractivity (Wildman–Crippen MR) is 97.7 cm³/mol. The van der Waals surface area contributed by atoms with Crippen molar-refractivity contribution in [2.24, 2.45) is 0 Å². The van der Waals surface area contributed by atoms with E-state index < -0.39 is 17.6 Å². The van der Waals surface area contributed by atoms with Gasteiger partial charge in [0.1, 0.15) is 11.3 Å². The van der Waals surface area contributed by atoms with Gasteiger partial charge in [-0.1, -0.05) is 20.3 Å². The first-order chi connectivity index (χ1) is 12.9. The van der Waals surface area contributed by atoms with E-state index in [1.54, 1.807) is 36.2 Å². The molecule has 0 unspecified atom stereocenters. The number of alkyl halides is 3. The van der Waals surface area contributed by atoms with Crippen molar-refractivity contribution in [2.45, 2.75) is 39.3 Å². The van der Waals surface area contributed by atoms with Crippen molar-refractivity contribution in [2.75, 3.05) is 25.2 Å². The largest absolute Gasteiger partial charge is 0.494 e. The Morgan fingerprint density at radius 3 is 2.30 bits per heavy atom. The van der Waals surface area contributed by atoms with E-state index in [2.05, 4.69) is 9.97 Å². The lowest BCUT2D eigenvalue weighted by atomic mass is 10.3. The van der Waals surface area contributed by atoms with Gasteiger partial charge in [0.2, 0.25) is 11.8 Å². The van der Waals surface area contributed by atoms with Crippen LogP contribution in [0.4, 0.5) is 24.8 Å². The fraction of sp³-hybridized carbons (Fsp3) is 0.474. The highest BCUT2D eigenvalue weighted by Crippen LogP contribution is 2.36. The minimum absolute atomic E-state index is 0.122. The van der Waals surface area contributed by atoms with Crippen LogP contribution in [-0.2, 0) is 6.18 Å². The maximum Gasteiger partial charge on any atom is 0.423 e. The third-order valence-corrected chi connectivity index (χ3v) is 3.78. The lowest BCUT2D eigenvalue weighted by Gasteiger charge is -2.20. The lowest BCUT2D eigenvalue weighted by Crippen LogP contribution is -2.17. The molecule has 2 rings (SSSR count). The van der Waals surface area contributed by atoms with Crippen LogP contribution in [0.25, 0.3) is 0 Å². The number of aromatic nitrogens is 2. The fourth-order valence-electron chi connectivity index (χ4n) is 2.24. The summed E-state index contributed by atoms with van der Waals surface area (Å²) < 4.78 is 50.3. The zero-order chi connectivity index (χ0) is 19.9. The highest BCUT2D eigenvalue weighted by Gasteiger charge is 2.36. The van der Waals surface area contributed by atoms with Gasteiger partial charge in [-0.2, -0.15) is 18.2 Å². The van der Waals surface area contributed by atoms with Crippen molar-refractivity contribution in [3.05, 3.63) is 36.0 Å². The maximum atomic E-state index is 13.2. The Bertz CT molecular complexity index is 721. The van der Waals surface area contributed by atoms with Gasteiger partial charge < -0.3 is 14.4 Å². The Hall–Kier alpha value is -2.51. The quantitative estimate of drug-likeness (QED) is 0.555. The van der Waals surface area contributed by atoms with E-state index in [0.29, 0.717) is 13.0 Å². The third-order valence-electron chi connectivity index (χ3n) is 3.78. The summed E-state index contributed by atoms with van der Waals surface area (Å²) in [4.78, 5) is 9.46. The molecule has 5 nitrogen and oxygen atoms in total. The topological polar surface area (TPSA) is 47.5 Å². The van der Waals surface area contributed by atoms with Gasteiger partial charge >= 0.3 is 6.18 Å². The summed E-state index contributed by atoms with van der Waals surface area (Å²) in [6, 6.07) is 7.18. The molecule has 148 valence electrons. The summed E-state index contributed by atoms with van der Waals surface area (Å²) in [7, 11) is 1.68. The van der Waals surface area contributed by atoms with E-state index >= 15 is 0 Å². The molecular weight excluding hydrogens is 359 g/mol. The van der Waals surface area contributed by atoms with Gasteiger partial charge in [-0.05, 0) is 37.1 Å². The van der Waals surface area contributed by atoms with Crippen LogP contribution in [0.15, 0.2) is 30.5 Å². The monoisotopic (exact) mass is 383 g/mol. The van der Waals surface area contributed by atoms with Crippen molar-refractivity contribution in [3.63, 3.8) is 0 Å². The molecule has 0 saturated carbocycles. The molecule has 0 aliphatic rings. The zero-order valence-electron chi connectivity index (χ0n) is 15.7. The third kappa shape index (κ3) is 5.74. The number of hydrogen-bond donors (Lipinski definition) is 0. The van der Waals surface area contributed by atoms with E-state index in [4.69, 9.17) is 9.47 Å². The van der Waals surface area contributed by atoms with E-state index in [-0.39, 0.29) is 12.6 Å². The molecule has 0 aliphatic carbocycles. The van der Waals surface area contributed by atoms with Crippen LogP contribution in [0.2, 0.25) is 0 Å². The van der Waals surface area contributed by atoms with Crippen molar-refractivity contribution >= 4 is 11.6 Å². The Kier molecular flexibility index (Phi) is 7.27. The van der Waals surface area contributed by atoms with Gasteiger partial charge in [0, 0.05) is 18.9 Å². The van der Waals surface area contributed by atoms with Crippen LogP contribution in [0.1, 0.15) is 38.7 Å². The van der Waals surface area contributed by atoms with Crippen LogP contribution >= 0.6 is 0 Å². The molecule has 0 aliphatic heterocycles. The molecule has 1 aromatic heterocycles. The van der Waals surface area contributed by atoms with E-state index in [9.17, 15) is 13.2 Å². The second kappa shape index (κ2) is 9.43. The highest BCUT2D eigenvalue weighted by atomic mass is 19.4. The van der Waals surface area contributed by atoms with Gasteiger partial charge in [-0.3, -0.25) is 0 Å². The average Bonchev–Trinajstić information content (AvgIpc) is 2.65. The summed E-state index contributed by atoms with van der Waals surface area (Å²) in [5, 5.41) is 0. The van der Waals surface area contributed by atoms with Crippen LogP contribution in [0.5, 0.6) is 11.6 Å². The number of unbranched alkanes of at least 4 members (excludes halogenated alkanes) is 1. The summed E-state index contributed by atoms with van der Waals surface area (Å²) in [6.07, 6.45) is -1.45. The lowest BCUT2D eigenvalue weighted by molar-refractivity contribution is -0.139. The minimum Gasteiger partial charge on any atom is -0.494 e. The molecule has 27 heavy (non-hydrogen) atoms. The molecule has 1 aromatic carbocycles. The molecule has 0 saturated heterocycles. The van der Waals surface area contributed by atoms with Crippen LogP contribution in [-0.4, -0.2) is 30.2 Å². The average molecular weight is 383 g/mol. The van der Waals surface area contributed by atoms with Crippen LogP contribution < -0.4 is 14.4 Å². The highest BCUT2D eigenvalue weighted by molar-refractivity contribution is 5.58. The Balaban J connectivity index is 2.24. The zero-order valence-corrected chi connectivity index (χ0v) is 15.7. The van der Waals surface area contributed by atoms with Gasteiger partial charge in [0.15, 0.2) is 0 Å². The molecule has 0 fully saturated rings. The molecule has 2 aromatic rings. The first-order valence-corrected chi connectivity index (χ1v) is 8.90. The van der Waals surface area contributed by atoms with Gasteiger partial charge in [-0.15, -0.1) is 0 Å². The number of benzene rings is 1. The second-order valence-electron chi connectivity index (χ2n) is 5.99. The second-order valence-corrected chi connectivity index (χ2v) is 5.99. The number of nitrogens with zero attached hydrogens (tertiary/aromatic N) is 3. The molecule has 0 radical (unpaired) electrons. The van der Waals surface area contributed by atoms with Crippen molar-refractivity contribution in [1.82, 2.24) is 9.97 Å². The van der Waals surface area contributed by atoms with Crippen LogP contribution in [0, 0.1) is 0 Å². The molecule has 0 bridgehead atoms. The summed E-state index contributed by atoms with van der Waals surface area (Å²) >= 11 is 0. The fourth-order valence-corrected chi connectivity index (χ4v) is 2.24. The first-order valence-electron chi connectivity index (χ1n) is 8.90. The standard InChI is InChI=1S/C19H24F3N3O2/c1-4-6-12-27-17-16(19(20,21)22)13-23-18(24-17)25(3)14-7-9-15(10-8-14)26-11-5-2/h7-10,13H,4-6,11-12H2,1-3H3. The van der Waals surface area contributed by atoms with Crippen molar-refractivity contribution < 1.29 is 22.6 Å². The Morgan fingerprint density at radius 2 is 1.70 bits per heavy atom. The van der Waals surface area contributed by atoms with Crippen LogP contribution in [0.3, 0.4) is 0 Å². The Morgan fingerprint density at radius 1 is 1.00 bits per heavy atom. The normalized spacial score (nSPS) is 11.3. The number of rotatable bonds is 9. The van der Waals surface area contributed by atoms with E-state index in [1.807, 2.05) is 13.8 Å². The van der Waals surface area contributed by atoms with Gasteiger partial charge in [0.25, 0.3) is 0 Å². The first kappa shape index (κ1) is 20.8. The Labute approximate surface area is 157 Å². The molecule has 8 heteroatoms. The summed E-state index contributed by atoms with van der Waals surface area (Å²) in [5.74, 6) is 0.401. The number of hydrogen-bond acceptors (Lipinski definition) is 5. The molecule has 0 amide bonds. The van der Waals surface area contributed by atoms with Gasteiger partial charge in [-0.25, -0.2) is 4.98 Å². The van der Waals surface area contributed by atoms with E-state index in [1.165, 1.54) is 0 Å². The minimum atomic E-state index is -4.57.